The van der Waals surface area contributed by atoms with Crippen LogP contribution in [0.5, 0.6) is 0 Å². The van der Waals surface area contributed by atoms with Crippen LogP contribution < -0.4 is 21.9 Å². The van der Waals surface area contributed by atoms with Crippen molar-refractivity contribution in [2.24, 2.45) is 0 Å². The van der Waals surface area contributed by atoms with Gasteiger partial charge in [0.2, 0.25) is 0 Å². The Morgan fingerprint density at radius 2 is 2.12 bits per heavy atom. The lowest BCUT2D eigenvalue weighted by Crippen LogP contribution is -2.38. The molecule has 1 unspecified atom stereocenters. The Hall–Kier alpha value is -1.76. The second kappa shape index (κ2) is 5.05. The van der Waals surface area contributed by atoms with Crippen LogP contribution in [-0.2, 0) is 6.54 Å². The molecular weight excluding hydrogens is 224 g/mol. The summed E-state index contributed by atoms with van der Waals surface area (Å²) in [5.74, 6) is 0.115. The molecule has 0 saturated carbocycles. The number of aliphatic hydroxyl groups is 1. The summed E-state index contributed by atoms with van der Waals surface area (Å²) in [6.07, 6.45) is -0.596. The number of anilines is 2. The van der Waals surface area contributed by atoms with Crippen LogP contribution in [0, 0.1) is 0 Å². The van der Waals surface area contributed by atoms with Crippen molar-refractivity contribution in [1.29, 1.82) is 0 Å². The van der Waals surface area contributed by atoms with Crippen molar-refractivity contribution in [3.05, 3.63) is 20.8 Å². The summed E-state index contributed by atoms with van der Waals surface area (Å²) < 4.78 is 1.27. The zero-order valence-electron chi connectivity index (χ0n) is 10.2. The lowest BCUT2D eigenvalue weighted by molar-refractivity contribution is 0.201. The highest BCUT2D eigenvalue weighted by atomic mass is 16.3. The molecule has 7 nitrogen and oxygen atoms in total. The van der Waals surface area contributed by atoms with E-state index in [4.69, 9.17) is 5.73 Å². The van der Waals surface area contributed by atoms with Gasteiger partial charge < -0.3 is 15.7 Å². The Morgan fingerprint density at radius 3 is 2.59 bits per heavy atom. The molecule has 0 amide bonds. The Bertz CT molecular complexity index is 503. The molecule has 1 aromatic rings. The monoisotopic (exact) mass is 242 g/mol. The van der Waals surface area contributed by atoms with Crippen LogP contribution in [0.25, 0.3) is 0 Å². The number of hydrogen-bond acceptors (Lipinski definition) is 5. The maximum atomic E-state index is 11.7. The summed E-state index contributed by atoms with van der Waals surface area (Å²) in [5.41, 5.74) is 4.93. The molecule has 1 heterocycles. The standard InChI is InChI=1S/C10H18N4O3/c1-4-14-8(11)7(9(16)12-10(14)17)13(3)5-6(2)15/h6,15H,4-5,11H2,1-3H3,(H,12,16,17). The van der Waals surface area contributed by atoms with Crippen LogP contribution in [0.3, 0.4) is 0 Å². The van der Waals surface area contributed by atoms with Crippen LogP contribution in [0.2, 0.25) is 0 Å². The average molecular weight is 242 g/mol. The topological polar surface area (TPSA) is 104 Å². The van der Waals surface area contributed by atoms with Crippen LogP contribution in [0.4, 0.5) is 11.5 Å². The van der Waals surface area contributed by atoms with Crippen molar-refractivity contribution >= 4 is 11.5 Å². The van der Waals surface area contributed by atoms with E-state index in [0.717, 1.165) is 0 Å². The third kappa shape index (κ3) is 2.68. The number of aromatic amines is 1. The van der Waals surface area contributed by atoms with Crippen molar-refractivity contribution in [3.63, 3.8) is 0 Å². The lowest BCUT2D eigenvalue weighted by Gasteiger charge is -2.22. The molecule has 0 radical (unpaired) electrons. The van der Waals surface area contributed by atoms with Crippen molar-refractivity contribution in [1.82, 2.24) is 9.55 Å². The van der Waals surface area contributed by atoms with Gasteiger partial charge in [-0.15, -0.1) is 0 Å². The van der Waals surface area contributed by atoms with Gasteiger partial charge in [-0.2, -0.15) is 0 Å². The molecule has 0 spiro atoms. The first-order valence-corrected chi connectivity index (χ1v) is 5.40. The first kappa shape index (κ1) is 13.3. The summed E-state index contributed by atoms with van der Waals surface area (Å²) in [4.78, 5) is 26.9. The molecular formula is C10H18N4O3. The van der Waals surface area contributed by atoms with E-state index in [9.17, 15) is 14.7 Å². The molecule has 0 fully saturated rings. The van der Waals surface area contributed by atoms with Gasteiger partial charge in [-0.25, -0.2) is 4.79 Å². The average Bonchev–Trinajstić information content (AvgIpc) is 2.15. The minimum absolute atomic E-state index is 0.115. The maximum Gasteiger partial charge on any atom is 0.330 e. The predicted octanol–water partition coefficient (Wildman–Crippen LogP) is -1.04. The predicted molar refractivity (Wildman–Crippen MR) is 66.4 cm³/mol. The molecule has 4 N–H and O–H groups in total. The van der Waals surface area contributed by atoms with Crippen LogP contribution in [0.15, 0.2) is 9.59 Å². The molecule has 7 heteroatoms. The minimum atomic E-state index is -0.596. The van der Waals surface area contributed by atoms with E-state index in [1.165, 1.54) is 9.47 Å². The molecule has 1 atom stereocenters. The van der Waals surface area contributed by atoms with E-state index in [0.29, 0.717) is 6.54 Å². The van der Waals surface area contributed by atoms with E-state index in [2.05, 4.69) is 4.98 Å². The summed E-state index contributed by atoms with van der Waals surface area (Å²) in [6, 6.07) is 0. The number of nitrogen functional groups attached to an aromatic ring is 1. The fraction of sp³-hybridized carbons (Fsp3) is 0.600. The number of H-pyrrole nitrogens is 1. The molecule has 0 aliphatic heterocycles. The minimum Gasteiger partial charge on any atom is -0.392 e. The summed E-state index contributed by atoms with van der Waals surface area (Å²) in [5, 5.41) is 9.28. The van der Waals surface area contributed by atoms with E-state index in [-0.39, 0.29) is 18.1 Å². The Labute approximate surface area is 98.5 Å². The largest absolute Gasteiger partial charge is 0.392 e. The van der Waals surface area contributed by atoms with E-state index in [1.807, 2.05) is 0 Å². The molecule has 0 aliphatic rings. The van der Waals surface area contributed by atoms with Crippen molar-refractivity contribution < 1.29 is 5.11 Å². The number of rotatable bonds is 4. The van der Waals surface area contributed by atoms with E-state index in [1.54, 1.807) is 20.9 Å². The normalized spacial score (nSPS) is 12.5. The highest BCUT2D eigenvalue weighted by Gasteiger charge is 2.16. The first-order valence-electron chi connectivity index (χ1n) is 5.40. The summed E-state index contributed by atoms with van der Waals surface area (Å²) >= 11 is 0. The third-order valence-corrected chi connectivity index (χ3v) is 2.45. The number of nitrogens with two attached hydrogens (primary N) is 1. The lowest BCUT2D eigenvalue weighted by atomic mass is 10.3. The van der Waals surface area contributed by atoms with Gasteiger partial charge in [0.25, 0.3) is 5.56 Å². The zero-order chi connectivity index (χ0) is 13.2. The quantitative estimate of drug-likeness (QED) is 0.625. The van der Waals surface area contributed by atoms with Gasteiger partial charge in [-0.05, 0) is 13.8 Å². The molecule has 0 bridgehead atoms. The number of nitrogens with one attached hydrogen (secondary N) is 1. The zero-order valence-corrected chi connectivity index (χ0v) is 10.2. The number of nitrogens with zero attached hydrogens (tertiary/aromatic N) is 2. The number of aliphatic hydroxyl groups excluding tert-OH is 1. The van der Waals surface area contributed by atoms with Gasteiger partial charge in [0.15, 0.2) is 0 Å². The molecule has 0 aromatic carbocycles. The second-order valence-corrected chi connectivity index (χ2v) is 3.97. The van der Waals surface area contributed by atoms with Gasteiger partial charge in [0.1, 0.15) is 11.5 Å². The van der Waals surface area contributed by atoms with Gasteiger partial charge in [0.05, 0.1) is 6.10 Å². The number of hydrogen-bond donors (Lipinski definition) is 3. The van der Waals surface area contributed by atoms with Crippen molar-refractivity contribution in [2.75, 3.05) is 24.2 Å². The molecule has 1 aromatic heterocycles. The summed E-state index contributed by atoms with van der Waals surface area (Å²) in [7, 11) is 1.64. The van der Waals surface area contributed by atoms with Gasteiger partial charge in [-0.3, -0.25) is 14.3 Å². The van der Waals surface area contributed by atoms with E-state index >= 15 is 0 Å². The van der Waals surface area contributed by atoms with Crippen LogP contribution in [0.1, 0.15) is 13.8 Å². The van der Waals surface area contributed by atoms with Crippen LogP contribution >= 0.6 is 0 Å². The fourth-order valence-electron chi connectivity index (χ4n) is 1.75. The first-order chi connectivity index (χ1) is 7.88. The molecule has 1 rings (SSSR count). The molecule has 17 heavy (non-hydrogen) atoms. The molecule has 0 saturated heterocycles. The van der Waals surface area contributed by atoms with Gasteiger partial charge >= 0.3 is 5.69 Å². The summed E-state index contributed by atoms with van der Waals surface area (Å²) in [6.45, 7) is 4.00. The fourth-order valence-corrected chi connectivity index (χ4v) is 1.75. The second-order valence-electron chi connectivity index (χ2n) is 3.97. The third-order valence-electron chi connectivity index (χ3n) is 2.45. The molecule has 96 valence electrons. The SMILES string of the molecule is CCn1c(N)c(N(C)CC(C)O)c(=O)[nH]c1=O. The van der Waals surface area contributed by atoms with Crippen LogP contribution in [-0.4, -0.2) is 34.4 Å². The van der Waals surface area contributed by atoms with Crippen molar-refractivity contribution in [2.45, 2.75) is 26.5 Å². The Kier molecular flexibility index (Phi) is 3.95. The van der Waals surface area contributed by atoms with Gasteiger partial charge in [0, 0.05) is 20.1 Å². The van der Waals surface area contributed by atoms with Gasteiger partial charge in [-0.1, -0.05) is 0 Å². The number of likely N-dealkylation sites (N-methyl/N-ethyl adjacent to an activating group) is 1. The highest BCUT2D eigenvalue weighted by Crippen LogP contribution is 2.14. The highest BCUT2D eigenvalue weighted by molar-refractivity contribution is 5.61. The Morgan fingerprint density at radius 1 is 1.53 bits per heavy atom. The molecule has 0 aliphatic carbocycles. The number of aromatic nitrogens is 2. The van der Waals surface area contributed by atoms with E-state index < -0.39 is 17.4 Å². The van der Waals surface area contributed by atoms with Crippen molar-refractivity contribution in [3.8, 4) is 0 Å². The maximum absolute atomic E-state index is 11.7. The Balaban J connectivity index is 3.33. The smallest absolute Gasteiger partial charge is 0.330 e.